The Balaban J connectivity index is 1.92. The predicted molar refractivity (Wildman–Crippen MR) is 112 cm³/mol. The molecule has 0 saturated carbocycles. The minimum atomic E-state index is -1.23. The SMILES string of the molecule is O=C(O)COc1c(C(=O)O)sc(-c2cccc(NC(=O)c3ccccc3)c2)c1Br. The van der Waals surface area contributed by atoms with Crippen LogP contribution in [0.15, 0.2) is 59.1 Å². The molecule has 0 bridgehead atoms. The molecule has 0 fully saturated rings. The fourth-order valence-electron chi connectivity index (χ4n) is 2.52. The van der Waals surface area contributed by atoms with Crippen molar-refractivity contribution in [2.24, 2.45) is 0 Å². The minimum Gasteiger partial charge on any atom is -0.479 e. The third kappa shape index (κ3) is 4.82. The van der Waals surface area contributed by atoms with Crippen LogP contribution in [-0.2, 0) is 4.79 Å². The molecule has 0 aliphatic heterocycles. The lowest BCUT2D eigenvalue weighted by molar-refractivity contribution is -0.139. The van der Waals surface area contributed by atoms with Crippen molar-refractivity contribution in [1.29, 1.82) is 0 Å². The second-order valence-corrected chi connectivity index (χ2v) is 7.61. The van der Waals surface area contributed by atoms with Gasteiger partial charge in [-0.1, -0.05) is 30.3 Å². The van der Waals surface area contributed by atoms with E-state index in [0.29, 0.717) is 26.2 Å². The van der Waals surface area contributed by atoms with Crippen LogP contribution in [0.25, 0.3) is 10.4 Å². The summed E-state index contributed by atoms with van der Waals surface area (Å²) >= 11 is 4.26. The van der Waals surface area contributed by atoms with E-state index in [1.165, 1.54) is 0 Å². The normalized spacial score (nSPS) is 10.4. The van der Waals surface area contributed by atoms with E-state index in [9.17, 15) is 19.5 Å². The molecule has 7 nitrogen and oxygen atoms in total. The van der Waals surface area contributed by atoms with Crippen molar-refractivity contribution < 1.29 is 29.3 Å². The van der Waals surface area contributed by atoms with E-state index in [-0.39, 0.29) is 16.5 Å². The Morgan fingerprint density at radius 1 is 1.03 bits per heavy atom. The molecule has 3 N–H and O–H groups in total. The quantitative estimate of drug-likeness (QED) is 0.460. The molecule has 3 aromatic rings. The van der Waals surface area contributed by atoms with Gasteiger partial charge in [-0.15, -0.1) is 11.3 Å². The Labute approximate surface area is 177 Å². The second kappa shape index (κ2) is 8.89. The molecule has 0 aliphatic carbocycles. The number of carboxylic acid groups (broad SMARTS) is 2. The van der Waals surface area contributed by atoms with Crippen LogP contribution in [0.2, 0.25) is 0 Å². The van der Waals surface area contributed by atoms with Crippen LogP contribution < -0.4 is 10.1 Å². The molecular formula is C20H14BrNO6S. The summed E-state index contributed by atoms with van der Waals surface area (Å²) in [6, 6.07) is 15.6. The molecule has 3 rings (SSSR count). The van der Waals surface area contributed by atoms with Crippen molar-refractivity contribution in [1.82, 2.24) is 0 Å². The number of hydrogen-bond donors (Lipinski definition) is 3. The molecule has 29 heavy (non-hydrogen) atoms. The number of thiophene rings is 1. The van der Waals surface area contributed by atoms with E-state index >= 15 is 0 Å². The molecule has 0 atom stereocenters. The zero-order chi connectivity index (χ0) is 21.0. The van der Waals surface area contributed by atoms with E-state index in [1.807, 2.05) is 6.07 Å². The largest absolute Gasteiger partial charge is 0.479 e. The lowest BCUT2D eigenvalue weighted by Crippen LogP contribution is -2.11. The summed E-state index contributed by atoms with van der Waals surface area (Å²) in [6.45, 7) is -0.664. The number of amides is 1. The average molecular weight is 476 g/mol. The van der Waals surface area contributed by atoms with Crippen LogP contribution in [0.4, 0.5) is 5.69 Å². The molecule has 0 unspecified atom stereocenters. The van der Waals surface area contributed by atoms with Gasteiger partial charge in [0.25, 0.3) is 5.91 Å². The van der Waals surface area contributed by atoms with E-state index in [1.54, 1.807) is 48.5 Å². The van der Waals surface area contributed by atoms with Crippen molar-refractivity contribution in [2.75, 3.05) is 11.9 Å². The van der Waals surface area contributed by atoms with Crippen molar-refractivity contribution in [3.8, 4) is 16.2 Å². The predicted octanol–water partition coefficient (Wildman–Crippen LogP) is 4.59. The highest BCUT2D eigenvalue weighted by Crippen LogP contribution is 2.46. The maximum absolute atomic E-state index is 12.4. The van der Waals surface area contributed by atoms with Gasteiger partial charge >= 0.3 is 11.9 Å². The lowest BCUT2D eigenvalue weighted by Gasteiger charge is -2.07. The molecule has 1 aromatic heterocycles. The zero-order valence-electron chi connectivity index (χ0n) is 14.7. The van der Waals surface area contributed by atoms with Gasteiger partial charge in [-0.3, -0.25) is 4.79 Å². The topological polar surface area (TPSA) is 113 Å². The number of anilines is 1. The van der Waals surface area contributed by atoms with Gasteiger partial charge in [0.15, 0.2) is 17.2 Å². The molecule has 0 spiro atoms. The number of benzene rings is 2. The Kier molecular flexibility index (Phi) is 6.30. The van der Waals surface area contributed by atoms with Gasteiger partial charge in [0.05, 0.1) is 9.35 Å². The van der Waals surface area contributed by atoms with Crippen molar-refractivity contribution in [3.63, 3.8) is 0 Å². The summed E-state index contributed by atoms with van der Waals surface area (Å²) in [5, 5.41) is 21.0. The van der Waals surface area contributed by atoms with E-state index in [0.717, 1.165) is 11.3 Å². The Bertz CT molecular complexity index is 1080. The van der Waals surface area contributed by atoms with Crippen molar-refractivity contribution in [2.45, 2.75) is 0 Å². The first-order valence-corrected chi connectivity index (χ1v) is 9.84. The molecular weight excluding hydrogens is 462 g/mol. The number of carbonyl (C=O) groups is 3. The van der Waals surface area contributed by atoms with Gasteiger partial charge in [0.1, 0.15) is 0 Å². The number of rotatable bonds is 7. The van der Waals surface area contributed by atoms with Gasteiger partial charge in [-0.25, -0.2) is 9.59 Å². The smallest absolute Gasteiger partial charge is 0.349 e. The zero-order valence-corrected chi connectivity index (χ0v) is 17.1. The summed E-state index contributed by atoms with van der Waals surface area (Å²) in [7, 11) is 0. The van der Waals surface area contributed by atoms with Crippen molar-refractivity contribution in [3.05, 3.63) is 69.5 Å². The van der Waals surface area contributed by atoms with Gasteiger partial charge in [0, 0.05) is 11.3 Å². The van der Waals surface area contributed by atoms with Gasteiger partial charge < -0.3 is 20.3 Å². The third-order valence-electron chi connectivity index (χ3n) is 3.76. The summed E-state index contributed by atoms with van der Waals surface area (Å²) < 4.78 is 5.50. The van der Waals surface area contributed by atoms with Crippen LogP contribution in [0.1, 0.15) is 20.0 Å². The van der Waals surface area contributed by atoms with E-state index in [4.69, 9.17) is 9.84 Å². The molecule has 2 aromatic carbocycles. The van der Waals surface area contributed by atoms with Crippen LogP contribution in [0.5, 0.6) is 5.75 Å². The lowest BCUT2D eigenvalue weighted by atomic mass is 10.1. The summed E-state index contributed by atoms with van der Waals surface area (Å²) in [5.74, 6) is -2.76. The Morgan fingerprint density at radius 2 is 1.76 bits per heavy atom. The summed E-state index contributed by atoms with van der Waals surface area (Å²) in [5.41, 5.74) is 1.68. The maximum atomic E-state index is 12.4. The van der Waals surface area contributed by atoms with Gasteiger partial charge in [-0.2, -0.15) is 0 Å². The molecule has 1 heterocycles. The molecule has 9 heteroatoms. The van der Waals surface area contributed by atoms with Crippen LogP contribution in [-0.4, -0.2) is 34.7 Å². The third-order valence-corrected chi connectivity index (χ3v) is 5.99. The average Bonchev–Trinajstić information content (AvgIpc) is 3.04. The summed E-state index contributed by atoms with van der Waals surface area (Å²) in [4.78, 5) is 35.1. The van der Waals surface area contributed by atoms with E-state index in [2.05, 4.69) is 21.2 Å². The molecule has 1 amide bonds. The second-order valence-electron chi connectivity index (χ2n) is 5.79. The number of aliphatic carboxylic acids is 1. The standard InChI is InChI=1S/C20H14BrNO6S/c21-15-16(28-10-14(23)24)18(20(26)27)29-17(15)12-7-4-8-13(9-12)22-19(25)11-5-2-1-3-6-11/h1-9H,10H2,(H,22,25)(H,23,24)(H,26,27). The maximum Gasteiger partial charge on any atom is 0.349 e. The first kappa shape index (κ1) is 20.6. The Morgan fingerprint density at radius 3 is 2.41 bits per heavy atom. The monoisotopic (exact) mass is 475 g/mol. The highest BCUT2D eigenvalue weighted by molar-refractivity contribution is 9.10. The first-order valence-electron chi connectivity index (χ1n) is 8.24. The number of halogens is 1. The van der Waals surface area contributed by atoms with Crippen LogP contribution in [0, 0.1) is 0 Å². The fraction of sp³-hybridized carbons (Fsp3) is 0.0500. The summed E-state index contributed by atoms with van der Waals surface area (Å²) in [6.07, 6.45) is 0. The number of nitrogens with one attached hydrogen (secondary N) is 1. The van der Waals surface area contributed by atoms with Crippen molar-refractivity contribution >= 4 is 50.8 Å². The number of carboxylic acids is 2. The first-order chi connectivity index (χ1) is 13.9. The van der Waals surface area contributed by atoms with Crippen LogP contribution in [0.3, 0.4) is 0 Å². The number of carbonyl (C=O) groups excluding carboxylic acids is 1. The highest BCUT2D eigenvalue weighted by Gasteiger charge is 2.24. The fourth-order valence-corrected chi connectivity index (χ4v) is 4.40. The minimum absolute atomic E-state index is 0.0429. The van der Waals surface area contributed by atoms with Gasteiger partial charge in [-0.05, 0) is 45.8 Å². The molecule has 0 saturated heterocycles. The number of hydrogen-bond acceptors (Lipinski definition) is 5. The molecule has 0 radical (unpaired) electrons. The molecule has 0 aliphatic rings. The van der Waals surface area contributed by atoms with Gasteiger partial charge in [0.2, 0.25) is 0 Å². The molecule has 148 valence electrons. The Hall–Kier alpha value is -3.17. The van der Waals surface area contributed by atoms with Crippen LogP contribution >= 0.6 is 27.3 Å². The number of aromatic carboxylic acids is 1. The van der Waals surface area contributed by atoms with E-state index < -0.39 is 18.5 Å². The number of ether oxygens (including phenoxy) is 1. The highest BCUT2D eigenvalue weighted by atomic mass is 79.9.